The van der Waals surface area contributed by atoms with Crippen LogP contribution in [-0.4, -0.2) is 30.4 Å². The van der Waals surface area contributed by atoms with E-state index in [1.165, 1.54) is 12.1 Å². The van der Waals surface area contributed by atoms with E-state index in [1.54, 1.807) is 32.0 Å². The fraction of sp³-hybridized carbons (Fsp3) is 0.286. The van der Waals surface area contributed by atoms with E-state index in [4.69, 9.17) is 16.3 Å². The summed E-state index contributed by atoms with van der Waals surface area (Å²) in [6.45, 7) is 4.79. The Morgan fingerprint density at radius 1 is 1.10 bits per heavy atom. The summed E-state index contributed by atoms with van der Waals surface area (Å²) < 4.78 is 18.0. The second-order valence-corrected chi connectivity index (χ2v) is 7.25. The van der Waals surface area contributed by atoms with E-state index < -0.39 is 36.2 Å². The Kier molecular flexibility index (Phi) is 7.73. The van der Waals surface area contributed by atoms with Gasteiger partial charge in [0.15, 0.2) is 6.61 Å². The zero-order valence-corrected chi connectivity index (χ0v) is 17.0. The van der Waals surface area contributed by atoms with Gasteiger partial charge in [-0.15, -0.1) is 0 Å². The topological polar surface area (TPSA) is 84.5 Å². The van der Waals surface area contributed by atoms with Gasteiger partial charge in [-0.25, -0.2) is 9.18 Å². The molecule has 0 spiro atoms. The predicted molar refractivity (Wildman–Crippen MR) is 108 cm³/mol. The van der Waals surface area contributed by atoms with Gasteiger partial charge in [-0.1, -0.05) is 31.5 Å². The average Bonchev–Trinajstić information content (AvgIpc) is 2.66. The molecule has 2 amide bonds. The lowest BCUT2D eigenvalue weighted by Gasteiger charge is -2.21. The summed E-state index contributed by atoms with van der Waals surface area (Å²) in [4.78, 5) is 36.7. The van der Waals surface area contributed by atoms with Gasteiger partial charge in [-0.05, 0) is 54.8 Å². The Labute approximate surface area is 173 Å². The Balaban J connectivity index is 1.94. The zero-order valence-electron chi connectivity index (χ0n) is 16.3. The minimum Gasteiger partial charge on any atom is -0.454 e. The molecule has 0 saturated carbocycles. The van der Waals surface area contributed by atoms with Crippen LogP contribution < -0.4 is 10.6 Å². The van der Waals surface area contributed by atoms with Crippen molar-refractivity contribution in [2.75, 3.05) is 11.9 Å². The fourth-order valence-corrected chi connectivity index (χ4v) is 2.74. The van der Waals surface area contributed by atoms with Gasteiger partial charge in [0.05, 0.1) is 10.7 Å². The molecule has 2 N–H and O–H groups in total. The number of halogens is 2. The normalized spacial score (nSPS) is 11.7. The Bertz CT molecular complexity index is 900. The number of hydrogen-bond donors (Lipinski definition) is 2. The molecular formula is C21H22ClFN2O4. The molecule has 29 heavy (non-hydrogen) atoms. The van der Waals surface area contributed by atoms with Gasteiger partial charge in [-0.2, -0.15) is 0 Å². The molecule has 0 aliphatic carbocycles. The first-order valence-corrected chi connectivity index (χ1v) is 9.34. The Morgan fingerprint density at radius 3 is 2.34 bits per heavy atom. The van der Waals surface area contributed by atoms with Crippen molar-refractivity contribution in [1.82, 2.24) is 5.32 Å². The quantitative estimate of drug-likeness (QED) is 0.668. The number of esters is 1. The van der Waals surface area contributed by atoms with Crippen molar-refractivity contribution >= 4 is 35.1 Å². The van der Waals surface area contributed by atoms with Crippen molar-refractivity contribution in [2.45, 2.75) is 26.8 Å². The minimum absolute atomic E-state index is 0.205. The third kappa shape index (κ3) is 6.57. The van der Waals surface area contributed by atoms with Crippen LogP contribution in [0.2, 0.25) is 5.02 Å². The van der Waals surface area contributed by atoms with Gasteiger partial charge in [0.2, 0.25) is 0 Å². The van der Waals surface area contributed by atoms with E-state index in [-0.39, 0.29) is 11.5 Å². The van der Waals surface area contributed by atoms with Crippen LogP contribution in [0.25, 0.3) is 0 Å². The molecule has 6 nitrogen and oxygen atoms in total. The van der Waals surface area contributed by atoms with E-state index in [1.807, 2.05) is 6.92 Å². The first-order chi connectivity index (χ1) is 13.7. The summed E-state index contributed by atoms with van der Waals surface area (Å²) in [6.07, 6.45) is 0. The van der Waals surface area contributed by atoms with Crippen molar-refractivity contribution in [3.8, 4) is 0 Å². The number of amides is 2. The number of aryl methyl sites for hydroxylation is 1. The Morgan fingerprint density at radius 2 is 1.76 bits per heavy atom. The highest BCUT2D eigenvalue weighted by Gasteiger charge is 2.27. The molecule has 2 aromatic rings. The molecule has 0 bridgehead atoms. The number of carbonyl (C=O) groups excluding carboxylic acids is 3. The predicted octanol–water partition coefficient (Wildman–Crippen LogP) is 3.72. The lowest BCUT2D eigenvalue weighted by molar-refractivity contribution is -0.150. The standard InChI is InChI=1S/C21H22ClFN2O4/c1-12(2)19(25-20(27)14-5-7-15(23)8-6-14)21(28)29-11-18(26)24-17-9-4-13(3)10-16(17)22/h4-10,12,19H,11H2,1-3H3,(H,24,26)(H,25,27)/t19-/m0/s1. The van der Waals surface area contributed by atoms with Crippen molar-refractivity contribution in [3.05, 3.63) is 64.4 Å². The van der Waals surface area contributed by atoms with Crippen molar-refractivity contribution < 1.29 is 23.5 Å². The number of hydrogen-bond acceptors (Lipinski definition) is 4. The molecular weight excluding hydrogens is 399 g/mol. The van der Waals surface area contributed by atoms with E-state index in [0.717, 1.165) is 17.7 Å². The molecule has 0 radical (unpaired) electrons. The second-order valence-electron chi connectivity index (χ2n) is 6.84. The van der Waals surface area contributed by atoms with Gasteiger partial charge in [0.25, 0.3) is 11.8 Å². The van der Waals surface area contributed by atoms with Crippen molar-refractivity contribution in [3.63, 3.8) is 0 Å². The molecule has 0 unspecified atom stereocenters. The molecule has 0 heterocycles. The summed E-state index contributed by atoms with van der Waals surface area (Å²) in [7, 11) is 0. The van der Waals surface area contributed by atoms with Gasteiger partial charge in [-0.3, -0.25) is 9.59 Å². The highest BCUT2D eigenvalue weighted by molar-refractivity contribution is 6.33. The van der Waals surface area contributed by atoms with Crippen LogP contribution >= 0.6 is 11.6 Å². The average molecular weight is 421 g/mol. The third-order valence-electron chi connectivity index (χ3n) is 4.06. The molecule has 0 fully saturated rings. The summed E-state index contributed by atoms with van der Waals surface area (Å²) in [5.41, 5.74) is 1.55. The molecule has 0 aromatic heterocycles. The molecule has 0 aliphatic heterocycles. The van der Waals surface area contributed by atoms with Crippen molar-refractivity contribution in [2.24, 2.45) is 5.92 Å². The Hall–Kier alpha value is -2.93. The second kappa shape index (κ2) is 10.0. The van der Waals surface area contributed by atoms with Gasteiger partial charge in [0, 0.05) is 5.56 Å². The zero-order chi connectivity index (χ0) is 21.6. The number of nitrogens with one attached hydrogen (secondary N) is 2. The first kappa shape index (κ1) is 22.4. The maximum atomic E-state index is 13.0. The smallest absolute Gasteiger partial charge is 0.329 e. The van der Waals surface area contributed by atoms with E-state index in [2.05, 4.69) is 10.6 Å². The summed E-state index contributed by atoms with van der Waals surface area (Å²) in [5, 5.41) is 5.49. The van der Waals surface area contributed by atoms with Crippen molar-refractivity contribution in [1.29, 1.82) is 0 Å². The number of carbonyl (C=O) groups is 3. The maximum absolute atomic E-state index is 13.0. The van der Waals surface area contributed by atoms with Crippen LogP contribution in [0, 0.1) is 18.7 Å². The molecule has 0 aliphatic rings. The van der Waals surface area contributed by atoms with Gasteiger partial charge in [0.1, 0.15) is 11.9 Å². The largest absolute Gasteiger partial charge is 0.454 e. The van der Waals surface area contributed by atoms with Crippen LogP contribution in [0.5, 0.6) is 0 Å². The fourth-order valence-electron chi connectivity index (χ4n) is 2.46. The first-order valence-electron chi connectivity index (χ1n) is 8.96. The van der Waals surface area contributed by atoms with Crippen LogP contribution in [0.1, 0.15) is 29.8 Å². The van der Waals surface area contributed by atoms with E-state index in [0.29, 0.717) is 10.7 Å². The number of benzene rings is 2. The SMILES string of the molecule is Cc1ccc(NC(=O)COC(=O)[C@@H](NC(=O)c2ccc(F)cc2)C(C)C)c(Cl)c1. The highest BCUT2D eigenvalue weighted by atomic mass is 35.5. The highest BCUT2D eigenvalue weighted by Crippen LogP contribution is 2.22. The molecule has 1 atom stereocenters. The van der Waals surface area contributed by atoms with Crippen LogP contribution in [0.4, 0.5) is 10.1 Å². The van der Waals surface area contributed by atoms with Gasteiger partial charge < -0.3 is 15.4 Å². The molecule has 8 heteroatoms. The number of anilines is 1. The third-order valence-corrected chi connectivity index (χ3v) is 4.37. The lowest BCUT2D eigenvalue weighted by atomic mass is 10.0. The molecule has 2 aromatic carbocycles. The monoisotopic (exact) mass is 420 g/mol. The summed E-state index contributed by atoms with van der Waals surface area (Å²) >= 11 is 6.06. The molecule has 2 rings (SSSR count). The van der Waals surface area contributed by atoms with E-state index in [9.17, 15) is 18.8 Å². The van der Waals surface area contributed by atoms with Crippen LogP contribution in [0.3, 0.4) is 0 Å². The van der Waals surface area contributed by atoms with E-state index >= 15 is 0 Å². The number of rotatable bonds is 7. The summed E-state index contributed by atoms with van der Waals surface area (Å²) in [5.74, 6) is -2.61. The van der Waals surface area contributed by atoms with Gasteiger partial charge >= 0.3 is 5.97 Å². The lowest BCUT2D eigenvalue weighted by Crippen LogP contribution is -2.45. The van der Waals surface area contributed by atoms with Crippen LogP contribution in [0.15, 0.2) is 42.5 Å². The molecule has 0 saturated heterocycles. The number of ether oxygens (including phenoxy) is 1. The van der Waals surface area contributed by atoms with Crippen LogP contribution in [-0.2, 0) is 14.3 Å². The summed E-state index contributed by atoms with van der Waals surface area (Å²) in [6, 6.07) is 9.09. The maximum Gasteiger partial charge on any atom is 0.329 e. The minimum atomic E-state index is -0.969. The molecule has 154 valence electrons.